The Morgan fingerprint density at radius 2 is 2.20 bits per heavy atom. The van der Waals surface area contributed by atoms with Crippen LogP contribution in [0, 0.1) is 5.92 Å². The van der Waals surface area contributed by atoms with E-state index in [-0.39, 0.29) is 0 Å². The number of hydrogen-bond acceptors (Lipinski definition) is 2. The molecule has 0 saturated heterocycles. The molecule has 0 aliphatic carbocycles. The molecule has 0 aliphatic rings. The molecule has 0 saturated carbocycles. The van der Waals surface area contributed by atoms with Crippen LogP contribution in [0.15, 0.2) is 5.16 Å². The van der Waals surface area contributed by atoms with Crippen LogP contribution in [0.1, 0.15) is 33.1 Å². The highest BCUT2D eigenvalue weighted by molar-refractivity contribution is 5.55. The van der Waals surface area contributed by atoms with E-state index >= 15 is 0 Å². The van der Waals surface area contributed by atoms with Crippen LogP contribution in [0.2, 0.25) is 0 Å². The molecule has 0 radical (unpaired) electrons. The number of oxime groups is 1. The van der Waals surface area contributed by atoms with E-state index in [1.807, 2.05) is 6.21 Å². The first-order valence-corrected chi connectivity index (χ1v) is 3.82. The van der Waals surface area contributed by atoms with Crippen molar-refractivity contribution in [2.45, 2.75) is 33.1 Å². The lowest BCUT2D eigenvalue weighted by atomic mass is 10.1. The smallest absolute Gasteiger partial charge is 0.106 e. The summed E-state index contributed by atoms with van der Waals surface area (Å²) < 4.78 is 0. The van der Waals surface area contributed by atoms with Crippen LogP contribution in [0.4, 0.5) is 0 Å². The van der Waals surface area contributed by atoms with E-state index in [1.165, 1.54) is 12.8 Å². The van der Waals surface area contributed by atoms with Crippen LogP contribution in [-0.2, 0) is 4.84 Å². The Bertz CT molecular complexity index is 89.3. The maximum atomic E-state index is 4.52. The van der Waals surface area contributed by atoms with E-state index in [4.69, 9.17) is 0 Å². The van der Waals surface area contributed by atoms with Crippen molar-refractivity contribution in [2.24, 2.45) is 11.1 Å². The van der Waals surface area contributed by atoms with E-state index in [0.29, 0.717) is 0 Å². The van der Waals surface area contributed by atoms with Crippen LogP contribution in [-0.4, -0.2) is 13.3 Å². The molecule has 0 aromatic carbocycles. The molecule has 2 nitrogen and oxygen atoms in total. The lowest BCUT2D eigenvalue weighted by Gasteiger charge is -1.99. The summed E-state index contributed by atoms with van der Waals surface area (Å²) >= 11 is 0. The standard InChI is InChI=1S/C8H17NO/c1-8(2)6-4-5-7-9-10-3/h7-8H,4-6H2,1-3H3. The fraction of sp³-hybridized carbons (Fsp3) is 0.875. The topological polar surface area (TPSA) is 21.6 Å². The van der Waals surface area contributed by atoms with Crippen LogP contribution in [0.25, 0.3) is 0 Å². The second-order valence-corrected chi connectivity index (χ2v) is 2.80. The molecule has 60 valence electrons. The predicted octanol–water partition coefficient (Wildman–Crippen LogP) is 2.44. The third kappa shape index (κ3) is 7.47. The monoisotopic (exact) mass is 143 g/mol. The maximum absolute atomic E-state index is 4.52. The van der Waals surface area contributed by atoms with Gasteiger partial charge >= 0.3 is 0 Å². The average molecular weight is 143 g/mol. The van der Waals surface area contributed by atoms with Gasteiger partial charge in [0.2, 0.25) is 0 Å². The number of hydrogen-bond donors (Lipinski definition) is 0. The summed E-state index contributed by atoms with van der Waals surface area (Å²) in [5.41, 5.74) is 0. The van der Waals surface area contributed by atoms with Gasteiger partial charge in [-0.2, -0.15) is 0 Å². The quantitative estimate of drug-likeness (QED) is 0.329. The van der Waals surface area contributed by atoms with Crippen molar-refractivity contribution in [3.63, 3.8) is 0 Å². The summed E-state index contributed by atoms with van der Waals surface area (Å²) in [6.45, 7) is 4.46. The highest BCUT2D eigenvalue weighted by atomic mass is 16.6. The van der Waals surface area contributed by atoms with Gasteiger partial charge in [-0.05, 0) is 18.8 Å². The Hall–Kier alpha value is -0.530. The molecule has 0 spiro atoms. The van der Waals surface area contributed by atoms with Gasteiger partial charge in [0, 0.05) is 6.21 Å². The van der Waals surface area contributed by atoms with Crippen molar-refractivity contribution in [3.8, 4) is 0 Å². The van der Waals surface area contributed by atoms with Crippen LogP contribution in [0.5, 0.6) is 0 Å². The van der Waals surface area contributed by atoms with Gasteiger partial charge in [-0.1, -0.05) is 25.4 Å². The summed E-state index contributed by atoms with van der Waals surface area (Å²) in [5, 5.41) is 3.64. The molecule has 0 N–H and O–H groups in total. The van der Waals surface area contributed by atoms with Gasteiger partial charge in [-0.3, -0.25) is 0 Å². The summed E-state index contributed by atoms with van der Waals surface area (Å²) in [6, 6.07) is 0. The minimum Gasteiger partial charge on any atom is -0.399 e. The van der Waals surface area contributed by atoms with E-state index in [0.717, 1.165) is 12.3 Å². The van der Waals surface area contributed by atoms with Gasteiger partial charge in [-0.25, -0.2) is 0 Å². The third-order valence-corrected chi connectivity index (χ3v) is 1.29. The van der Waals surface area contributed by atoms with Crippen LogP contribution in [0.3, 0.4) is 0 Å². The second kappa shape index (κ2) is 6.59. The molecule has 0 heterocycles. The van der Waals surface area contributed by atoms with Crippen molar-refractivity contribution in [1.29, 1.82) is 0 Å². The van der Waals surface area contributed by atoms with Crippen molar-refractivity contribution in [2.75, 3.05) is 7.11 Å². The highest BCUT2D eigenvalue weighted by Crippen LogP contribution is 2.04. The molecule has 0 aromatic heterocycles. The Morgan fingerprint density at radius 1 is 1.50 bits per heavy atom. The highest BCUT2D eigenvalue weighted by Gasteiger charge is 1.90. The van der Waals surface area contributed by atoms with E-state index in [2.05, 4.69) is 23.8 Å². The molecule has 2 heteroatoms. The van der Waals surface area contributed by atoms with Gasteiger partial charge in [-0.15, -0.1) is 0 Å². The van der Waals surface area contributed by atoms with E-state index in [1.54, 1.807) is 7.11 Å². The second-order valence-electron chi connectivity index (χ2n) is 2.80. The van der Waals surface area contributed by atoms with E-state index in [9.17, 15) is 0 Å². The van der Waals surface area contributed by atoms with Gasteiger partial charge in [0.25, 0.3) is 0 Å². The minimum absolute atomic E-state index is 0.802. The molecular formula is C8H17NO. The molecule has 0 rings (SSSR count). The molecule has 0 unspecified atom stereocenters. The Balaban J connectivity index is 2.97. The summed E-state index contributed by atoms with van der Waals surface area (Å²) in [4.78, 5) is 4.52. The predicted molar refractivity (Wildman–Crippen MR) is 44.2 cm³/mol. The summed E-state index contributed by atoms with van der Waals surface area (Å²) in [6.07, 6.45) is 5.34. The molecule has 0 aliphatic heterocycles. The molecule has 0 fully saturated rings. The molecule has 0 aromatic rings. The summed E-state index contributed by atoms with van der Waals surface area (Å²) in [5.74, 6) is 0.802. The Kier molecular flexibility index (Phi) is 6.24. The normalized spacial score (nSPS) is 11.2. The third-order valence-electron chi connectivity index (χ3n) is 1.29. The van der Waals surface area contributed by atoms with Gasteiger partial charge in [0.05, 0.1) is 0 Å². The lowest BCUT2D eigenvalue weighted by Crippen LogP contribution is -1.87. The van der Waals surface area contributed by atoms with Crippen molar-refractivity contribution in [1.82, 2.24) is 0 Å². The van der Waals surface area contributed by atoms with Crippen molar-refractivity contribution in [3.05, 3.63) is 0 Å². The SMILES string of the molecule is CON=CCCCC(C)C. The average Bonchev–Trinajstić information content (AvgIpc) is 1.87. The first kappa shape index (κ1) is 9.47. The van der Waals surface area contributed by atoms with Crippen molar-refractivity contribution < 1.29 is 4.84 Å². The van der Waals surface area contributed by atoms with Crippen molar-refractivity contribution >= 4 is 6.21 Å². The molecule has 0 atom stereocenters. The first-order chi connectivity index (χ1) is 4.77. The maximum Gasteiger partial charge on any atom is 0.106 e. The number of unbranched alkanes of at least 4 members (excludes halogenated alkanes) is 1. The first-order valence-electron chi connectivity index (χ1n) is 3.82. The van der Waals surface area contributed by atoms with E-state index < -0.39 is 0 Å². The molecule has 0 bridgehead atoms. The van der Waals surface area contributed by atoms with Gasteiger partial charge in [0.1, 0.15) is 7.11 Å². The largest absolute Gasteiger partial charge is 0.399 e. The zero-order chi connectivity index (χ0) is 7.82. The number of nitrogens with zero attached hydrogens (tertiary/aromatic N) is 1. The van der Waals surface area contributed by atoms with Crippen LogP contribution >= 0.6 is 0 Å². The van der Waals surface area contributed by atoms with Crippen LogP contribution < -0.4 is 0 Å². The minimum atomic E-state index is 0.802. The zero-order valence-electron chi connectivity index (χ0n) is 7.13. The fourth-order valence-corrected chi connectivity index (χ4v) is 0.745. The Morgan fingerprint density at radius 3 is 2.70 bits per heavy atom. The number of rotatable bonds is 5. The summed E-state index contributed by atoms with van der Waals surface area (Å²) in [7, 11) is 1.57. The van der Waals surface area contributed by atoms with Gasteiger partial charge in [0.15, 0.2) is 0 Å². The Labute approximate surface area is 63.3 Å². The lowest BCUT2D eigenvalue weighted by molar-refractivity contribution is 0.214. The molecular weight excluding hydrogens is 126 g/mol. The fourth-order valence-electron chi connectivity index (χ4n) is 0.745. The van der Waals surface area contributed by atoms with Gasteiger partial charge < -0.3 is 4.84 Å². The zero-order valence-corrected chi connectivity index (χ0v) is 7.13. The molecule has 0 amide bonds. The molecule has 10 heavy (non-hydrogen) atoms.